The van der Waals surface area contributed by atoms with E-state index in [0.717, 1.165) is 12.8 Å². The number of hydrogen-bond donors (Lipinski definition) is 0. The first-order valence-electron chi connectivity index (χ1n) is 14.7. The summed E-state index contributed by atoms with van der Waals surface area (Å²) in [5, 5.41) is 5.77. The summed E-state index contributed by atoms with van der Waals surface area (Å²) in [5.41, 5.74) is 8.87. The number of aryl methyl sites for hydroxylation is 2. The van der Waals surface area contributed by atoms with Crippen LogP contribution in [0.25, 0.3) is 21.5 Å². The summed E-state index contributed by atoms with van der Waals surface area (Å²) in [4.78, 5) is 0. The molecule has 0 aromatic heterocycles. The van der Waals surface area contributed by atoms with Crippen molar-refractivity contribution in [2.45, 2.75) is 120 Å². The van der Waals surface area contributed by atoms with Crippen molar-refractivity contribution in [2.24, 2.45) is 0 Å². The molecule has 0 spiro atoms. The van der Waals surface area contributed by atoms with Crippen LogP contribution in [0.5, 0.6) is 0 Å². The van der Waals surface area contributed by atoms with Gasteiger partial charge in [-0.2, -0.15) is 26.0 Å². The van der Waals surface area contributed by atoms with E-state index in [2.05, 4.69) is 118 Å². The molecule has 4 rings (SSSR count). The van der Waals surface area contributed by atoms with E-state index in [0.29, 0.717) is 23.7 Å². The Morgan fingerprint density at radius 2 is 0.814 bits per heavy atom. The van der Waals surface area contributed by atoms with Crippen LogP contribution in [0.3, 0.4) is 0 Å². The van der Waals surface area contributed by atoms with E-state index >= 15 is 0 Å². The summed E-state index contributed by atoms with van der Waals surface area (Å²) in [6, 6.07) is 19.0. The second kappa shape index (κ2) is 24.6. The van der Waals surface area contributed by atoms with Crippen LogP contribution in [0, 0.1) is 36.1 Å². The Morgan fingerprint density at radius 3 is 1.02 bits per heavy atom. The van der Waals surface area contributed by atoms with E-state index in [1.807, 2.05) is 20.3 Å². The van der Waals surface area contributed by atoms with Crippen molar-refractivity contribution in [1.82, 2.24) is 0 Å². The van der Waals surface area contributed by atoms with Crippen molar-refractivity contribution >= 4 is 21.5 Å². The first-order chi connectivity index (χ1) is 17.5. The van der Waals surface area contributed by atoms with Gasteiger partial charge in [0.15, 0.2) is 0 Å². The van der Waals surface area contributed by atoms with Crippen LogP contribution in [0.4, 0.5) is 0 Å². The predicted molar refractivity (Wildman–Crippen MR) is 195 cm³/mol. The standard InChI is InChI=1S/2C17H23.C3H7.4CH3.2Hf/c2*1-6-13-7-15-9-14(11(2)3)10-16(12(4)5)17(15)8-13;1-3-2;;;;;;/h2*7-12H,6H2,1-5H3;3H,1-2H3;4*1H3;;/q7*-1;;+4. The SMILES string of the molecule is CCc1cc2c(C(C)C)cc(C(C)C)cc2[cH-]1.CCc1cc2c(C(C)C)cc(C(C)C)cc2[cH-]1.C[CH-]C.[CH3-].[CH3-].[CH3-].[CH3-].[Hf+4].[Hf]. The molecule has 0 radical (unpaired) electrons. The Kier molecular flexibility index (Phi) is 29.7. The average molecular weight is 915 g/mol. The second-order valence-corrected chi connectivity index (χ2v) is 11.9. The van der Waals surface area contributed by atoms with Crippen molar-refractivity contribution in [3.8, 4) is 0 Å². The average Bonchev–Trinajstić information content (AvgIpc) is 3.46. The van der Waals surface area contributed by atoms with Gasteiger partial charge in [-0.25, -0.2) is 0 Å². The van der Waals surface area contributed by atoms with Gasteiger partial charge >= 0.3 is 25.8 Å². The van der Waals surface area contributed by atoms with Gasteiger partial charge in [0, 0.05) is 25.8 Å². The van der Waals surface area contributed by atoms with Gasteiger partial charge in [0.05, 0.1) is 0 Å². The molecule has 0 aliphatic rings. The molecule has 43 heavy (non-hydrogen) atoms. The van der Waals surface area contributed by atoms with E-state index in [9.17, 15) is 0 Å². The van der Waals surface area contributed by atoms with E-state index in [4.69, 9.17) is 0 Å². The molecule has 4 aromatic carbocycles. The third kappa shape index (κ3) is 14.1. The molecule has 0 N–H and O–H groups in total. The number of fused-ring (bicyclic) bond motifs is 2. The fraction of sp³-hybridized carbons (Fsp3) is 0.439. The van der Waals surface area contributed by atoms with Crippen LogP contribution < -0.4 is 0 Å². The fourth-order valence-electron chi connectivity index (χ4n) is 4.90. The third-order valence-electron chi connectivity index (χ3n) is 7.27. The van der Waals surface area contributed by atoms with Gasteiger partial charge < -0.3 is 36.1 Å². The van der Waals surface area contributed by atoms with Crippen molar-refractivity contribution < 1.29 is 51.7 Å². The number of rotatable bonds is 6. The number of hydrogen-bond acceptors (Lipinski definition) is 0. The summed E-state index contributed by atoms with van der Waals surface area (Å²) in [7, 11) is 0. The van der Waals surface area contributed by atoms with Gasteiger partial charge in [0.1, 0.15) is 0 Å². The molecule has 0 fully saturated rings. The zero-order valence-corrected chi connectivity index (χ0v) is 38.1. The van der Waals surface area contributed by atoms with Crippen LogP contribution >= 0.6 is 0 Å². The monoisotopic (exact) mass is 917 g/mol. The van der Waals surface area contributed by atoms with Crippen LogP contribution in [-0.2, 0) is 64.5 Å². The van der Waals surface area contributed by atoms with Gasteiger partial charge in [0.25, 0.3) is 0 Å². The zero-order valence-electron chi connectivity index (χ0n) is 30.9. The van der Waals surface area contributed by atoms with Crippen LogP contribution in [0.1, 0.15) is 140 Å². The minimum atomic E-state index is 0. The summed E-state index contributed by atoms with van der Waals surface area (Å²) in [6.45, 7) is 26.7. The first-order valence-corrected chi connectivity index (χ1v) is 14.7. The Morgan fingerprint density at radius 1 is 0.535 bits per heavy atom. The third-order valence-corrected chi connectivity index (χ3v) is 7.27. The molecule has 0 nitrogen and oxygen atoms in total. The Bertz CT molecular complexity index is 1150. The Hall–Kier alpha value is -0.600. The molecule has 0 saturated carbocycles. The van der Waals surface area contributed by atoms with Crippen LogP contribution in [0.2, 0.25) is 0 Å². The molecule has 240 valence electrons. The van der Waals surface area contributed by atoms with Crippen molar-refractivity contribution in [3.63, 3.8) is 0 Å². The smallest absolute Gasteiger partial charge is 0.358 e. The predicted octanol–water partition coefficient (Wildman–Crippen LogP) is 13.8. The van der Waals surface area contributed by atoms with Gasteiger partial charge in [-0.1, -0.05) is 104 Å². The second-order valence-electron chi connectivity index (χ2n) is 11.9. The Balaban J connectivity index is -0.000000182. The maximum Gasteiger partial charge on any atom is 4.00 e. The number of benzene rings is 2. The van der Waals surface area contributed by atoms with E-state index in [-0.39, 0.29) is 81.4 Å². The molecular weight excluding hydrogens is 849 g/mol. The fourth-order valence-corrected chi connectivity index (χ4v) is 4.90. The molecule has 2 heteroatoms. The van der Waals surface area contributed by atoms with E-state index in [1.165, 1.54) is 54.9 Å². The van der Waals surface area contributed by atoms with Gasteiger partial charge in [-0.05, 0) is 36.5 Å². The van der Waals surface area contributed by atoms with Crippen molar-refractivity contribution in [1.29, 1.82) is 0 Å². The molecule has 0 saturated heterocycles. The van der Waals surface area contributed by atoms with Crippen molar-refractivity contribution in [3.05, 3.63) is 118 Å². The molecule has 0 aliphatic heterocycles. The van der Waals surface area contributed by atoms with Crippen LogP contribution in [0.15, 0.2) is 48.5 Å². The van der Waals surface area contributed by atoms with E-state index < -0.39 is 0 Å². The van der Waals surface area contributed by atoms with E-state index in [1.54, 1.807) is 0 Å². The van der Waals surface area contributed by atoms with Gasteiger partial charge in [-0.15, -0.1) is 56.9 Å². The summed E-state index contributed by atoms with van der Waals surface area (Å²) < 4.78 is 0. The zero-order chi connectivity index (χ0) is 27.9. The molecule has 0 unspecified atom stereocenters. The normalized spacial score (nSPS) is 9.86. The molecule has 0 atom stereocenters. The van der Waals surface area contributed by atoms with Gasteiger partial charge in [-0.3, -0.25) is 0 Å². The molecule has 0 amide bonds. The quantitative estimate of drug-likeness (QED) is 0.134. The van der Waals surface area contributed by atoms with Gasteiger partial charge in [0.2, 0.25) is 0 Å². The Labute approximate surface area is 308 Å². The summed E-state index contributed by atoms with van der Waals surface area (Å²) >= 11 is 0. The maximum absolute atomic E-state index is 2.40. The molecular formula is C41H65Hf2-3. The molecule has 0 heterocycles. The largest absolute Gasteiger partial charge is 4.00 e. The molecule has 0 aliphatic carbocycles. The minimum absolute atomic E-state index is 0. The molecule has 0 bridgehead atoms. The molecule has 4 aromatic rings. The maximum atomic E-state index is 2.40. The first kappa shape index (κ1) is 52.0. The van der Waals surface area contributed by atoms with Crippen LogP contribution in [-0.4, -0.2) is 0 Å². The van der Waals surface area contributed by atoms with Crippen molar-refractivity contribution in [2.75, 3.05) is 0 Å². The summed E-state index contributed by atoms with van der Waals surface area (Å²) in [6.07, 6.45) is 4.26. The topological polar surface area (TPSA) is 0 Å². The summed E-state index contributed by atoms with van der Waals surface area (Å²) in [5.74, 6) is 2.42. The minimum Gasteiger partial charge on any atom is -0.358 e.